The quantitative estimate of drug-likeness (QED) is 0.390. The molecular formula is C16H24Cl3NTi. The third-order valence-corrected chi connectivity index (χ3v) is 5.25. The molecule has 5 heteroatoms. The topological polar surface area (TPSA) is 3.24 Å². The molecule has 21 heavy (non-hydrogen) atoms. The standard InChI is InChI=1S/C15H21N.CH3.3ClH.Ti/c1-9-10(2)14-12-7-5-6-8-13(12)16(4)15(14)11(9)3;;;;;/h5-11,14-15H,1-4H3;1H3;3*1H;/q;-1;;;;+4/p-3. The zero-order valence-electron chi connectivity index (χ0n) is 13.3. The zero-order valence-corrected chi connectivity index (χ0v) is 17.1. The van der Waals surface area contributed by atoms with Crippen molar-refractivity contribution in [2.24, 2.45) is 17.8 Å². The van der Waals surface area contributed by atoms with Gasteiger partial charge in [-0.25, -0.2) is 0 Å². The van der Waals surface area contributed by atoms with Crippen molar-refractivity contribution in [1.82, 2.24) is 0 Å². The number of para-hydroxylation sites is 1. The average molecular weight is 385 g/mol. The second-order valence-corrected chi connectivity index (χ2v) is 13.7. The molecule has 1 fully saturated rings. The van der Waals surface area contributed by atoms with Crippen molar-refractivity contribution in [3.8, 4) is 0 Å². The molecule has 0 N–H and O–H groups in total. The normalized spacial score (nSPS) is 32.5. The Hall–Kier alpha value is 0.604. The Balaban J connectivity index is 0.000000397. The molecule has 1 saturated carbocycles. The second-order valence-electron chi connectivity index (χ2n) is 5.98. The Kier molecular flexibility index (Phi) is 7.42. The van der Waals surface area contributed by atoms with Crippen LogP contribution in [0.2, 0.25) is 0 Å². The summed E-state index contributed by atoms with van der Waals surface area (Å²) in [7, 11) is 17.2. The molecule has 1 aliphatic heterocycles. The van der Waals surface area contributed by atoms with Gasteiger partial charge in [-0.15, -0.1) is 0 Å². The summed E-state index contributed by atoms with van der Waals surface area (Å²) in [4.78, 5) is 2.52. The first-order valence-electron chi connectivity index (χ1n) is 7.01. The summed E-state index contributed by atoms with van der Waals surface area (Å²) in [5.41, 5.74) is 3.04. The Morgan fingerprint density at radius 3 is 2.05 bits per heavy atom. The summed E-state index contributed by atoms with van der Waals surface area (Å²) >= 11 is -1.92. The van der Waals surface area contributed by atoms with Crippen molar-refractivity contribution < 1.29 is 14.7 Å². The predicted molar refractivity (Wildman–Crippen MR) is 92.8 cm³/mol. The molecule has 5 atom stereocenters. The maximum absolute atomic E-state index is 4.97. The molecule has 1 aromatic rings. The van der Waals surface area contributed by atoms with Crippen LogP contribution in [0.5, 0.6) is 0 Å². The zero-order chi connectivity index (χ0) is 15.0. The second kappa shape index (κ2) is 7.93. The van der Waals surface area contributed by atoms with Crippen LogP contribution in [0.1, 0.15) is 32.3 Å². The molecule has 2 aliphatic rings. The van der Waals surface area contributed by atoms with E-state index in [1.54, 1.807) is 5.56 Å². The van der Waals surface area contributed by atoms with Crippen molar-refractivity contribution in [1.29, 1.82) is 0 Å². The van der Waals surface area contributed by atoms with Gasteiger partial charge in [0.25, 0.3) is 0 Å². The third kappa shape index (κ3) is 3.75. The van der Waals surface area contributed by atoms with Gasteiger partial charge in [0.05, 0.1) is 0 Å². The predicted octanol–water partition coefficient (Wildman–Crippen LogP) is 6.03. The fraction of sp³-hybridized carbons (Fsp3) is 0.562. The molecule has 1 heterocycles. The molecule has 0 bridgehead atoms. The van der Waals surface area contributed by atoms with Gasteiger partial charge in [0.2, 0.25) is 0 Å². The molecular weight excluding hydrogens is 360 g/mol. The molecule has 0 saturated heterocycles. The fourth-order valence-corrected chi connectivity index (χ4v) is 4.07. The summed E-state index contributed by atoms with van der Waals surface area (Å²) in [6, 6.07) is 9.68. The minimum absolute atomic E-state index is 0. The number of rotatable bonds is 0. The van der Waals surface area contributed by atoms with Crippen LogP contribution in [0.4, 0.5) is 5.69 Å². The van der Waals surface area contributed by atoms with E-state index < -0.39 is 14.7 Å². The van der Waals surface area contributed by atoms with E-state index in [2.05, 4.69) is 57.0 Å². The Morgan fingerprint density at radius 2 is 1.48 bits per heavy atom. The average Bonchev–Trinajstić information content (AvgIpc) is 2.80. The van der Waals surface area contributed by atoms with Gasteiger partial charge in [0.1, 0.15) is 0 Å². The number of anilines is 1. The molecule has 0 radical (unpaired) electrons. The third-order valence-electron chi connectivity index (χ3n) is 5.25. The van der Waals surface area contributed by atoms with Gasteiger partial charge in [-0.05, 0) is 29.4 Å². The van der Waals surface area contributed by atoms with Crippen LogP contribution in [-0.2, 0) is 14.7 Å². The SMILES string of the molecule is CC1C(C)C2c3ccccc3N(C)C2C1C.[CH3-].[Cl][Ti+]([Cl])[Cl]. The van der Waals surface area contributed by atoms with Crippen LogP contribution in [0.15, 0.2) is 24.3 Å². The maximum atomic E-state index is 4.97. The summed E-state index contributed by atoms with van der Waals surface area (Å²) in [5.74, 6) is 3.21. The van der Waals surface area contributed by atoms with Crippen LogP contribution in [0, 0.1) is 25.2 Å². The number of nitrogens with zero attached hydrogens (tertiary/aromatic N) is 1. The van der Waals surface area contributed by atoms with E-state index in [0.717, 1.165) is 29.7 Å². The van der Waals surface area contributed by atoms with Crippen LogP contribution in [0.25, 0.3) is 0 Å². The van der Waals surface area contributed by atoms with Crippen LogP contribution >= 0.6 is 27.9 Å². The summed E-state index contributed by atoms with van der Waals surface area (Å²) in [5, 5.41) is 0. The fourth-order valence-electron chi connectivity index (χ4n) is 4.07. The first-order chi connectivity index (χ1) is 9.36. The molecule has 1 nitrogen and oxygen atoms in total. The van der Waals surface area contributed by atoms with Crippen LogP contribution in [0.3, 0.4) is 0 Å². The van der Waals surface area contributed by atoms with Gasteiger partial charge in [0.15, 0.2) is 0 Å². The van der Waals surface area contributed by atoms with Crippen molar-refractivity contribution >= 4 is 33.6 Å². The van der Waals surface area contributed by atoms with E-state index in [1.807, 2.05) is 0 Å². The van der Waals surface area contributed by atoms with E-state index in [9.17, 15) is 0 Å². The number of hydrogen-bond donors (Lipinski definition) is 0. The Labute approximate surface area is 147 Å². The molecule has 0 amide bonds. The molecule has 0 spiro atoms. The van der Waals surface area contributed by atoms with Crippen LogP contribution < -0.4 is 4.90 Å². The number of hydrogen-bond acceptors (Lipinski definition) is 1. The molecule has 0 aromatic heterocycles. The monoisotopic (exact) mass is 383 g/mol. The molecule has 118 valence electrons. The summed E-state index contributed by atoms with van der Waals surface area (Å²) in [6.07, 6.45) is 0. The molecule has 1 aliphatic carbocycles. The Bertz CT molecular complexity index is 466. The van der Waals surface area contributed by atoms with Crippen molar-refractivity contribution in [2.45, 2.75) is 32.7 Å². The van der Waals surface area contributed by atoms with E-state index in [4.69, 9.17) is 27.9 Å². The van der Waals surface area contributed by atoms with E-state index in [1.165, 1.54) is 5.69 Å². The van der Waals surface area contributed by atoms with Gasteiger partial charge in [-0.1, -0.05) is 39.0 Å². The van der Waals surface area contributed by atoms with Gasteiger partial charge in [-0.3, -0.25) is 0 Å². The van der Waals surface area contributed by atoms with E-state index in [-0.39, 0.29) is 7.43 Å². The van der Waals surface area contributed by atoms with Crippen LogP contribution in [-0.4, -0.2) is 13.1 Å². The molecule has 5 unspecified atom stereocenters. The van der Waals surface area contributed by atoms with Gasteiger partial charge in [-0.2, -0.15) is 0 Å². The Morgan fingerprint density at radius 1 is 0.952 bits per heavy atom. The number of halogens is 3. The first kappa shape index (κ1) is 19.7. The van der Waals surface area contributed by atoms with Gasteiger partial charge < -0.3 is 12.3 Å². The summed E-state index contributed by atoms with van der Waals surface area (Å²) < 4.78 is 0. The van der Waals surface area contributed by atoms with E-state index >= 15 is 0 Å². The first-order valence-corrected chi connectivity index (χ1v) is 13.5. The number of fused-ring (bicyclic) bond motifs is 3. The van der Waals surface area contributed by atoms with Crippen molar-refractivity contribution in [3.63, 3.8) is 0 Å². The van der Waals surface area contributed by atoms with Gasteiger partial charge in [0, 0.05) is 24.7 Å². The molecule has 1 aromatic carbocycles. The number of likely N-dealkylation sites (N-methyl/N-ethyl adjacent to an activating group) is 1. The summed E-state index contributed by atoms with van der Waals surface area (Å²) in [6.45, 7) is 7.28. The van der Waals surface area contributed by atoms with Crippen molar-refractivity contribution in [2.75, 3.05) is 11.9 Å². The van der Waals surface area contributed by atoms with Crippen molar-refractivity contribution in [3.05, 3.63) is 37.3 Å². The number of benzene rings is 1. The minimum atomic E-state index is -1.92. The van der Waals surface area contributed by atoms with Gasteiger partial charge >= 0.3 is 42.6 Å². The van der Waals surface area contributed by atoms with E-state index in [0.29, 0.717) is 0 Å². The molecule has 3 rings (SSSR count).